The number of fused-ring (bicyclic) bond motifs is 2. The van der Waals surface area contributed by atoms with Crippen molar-refractivity contribution in [3.8, 4) is 11.3 Å². The fourth-order valence-electron chi connectivity index (χ4n) is 4.58. The molecule has 0 radical (unpaired) electrons. The van der Waals surface area contributed by atoms with Gasteiger partial charge in [-0.15, -0.1) is 0 Å². The molecule has 5 rings (SSSR count). The van der Waals surface area contributed by atoms with Crippen molar-refractivity contribution in [3.05, 3.63) is 83.8 Å². The number of nitrogens with one attached hydrogen (secondary N) is 1. The average Bonchev–Trinajstić information content (AvgIpc) is 3.54. The smallest absolute Gasteiger partial charge is 0.252 e. The van der Waals surface area contributed by atoms with Gasteiger partial charge in [0.1, 0.15) is 0 Å². The number of likely N-dealkylation sites (N-methyl/N-ethyl adjacent to an activating group) is 1. The number of rotatable bonds is 9. The van der Waals surface area contributed by atoms with Crippen LogP contribution in [0.4, 0.5) is 0 Å². The summed E-state index contributed by atoms with van der Waals surface area (Å²) in [6.07, 6.45) is 3.48. The van der Waals surface area contributed by atoms with Crippen molar-refractivity contribution in [2.24, 2.45) is 5.73 Å². The second-order valence-electron chi connectivity index (χ2n) is 9.57. The second kappa shape index (κ2) is 10.5. The van der Waals surface area contributed by atoms with Crippen LogP contribution in [-0.2, 0) is 13.1 Å². The zero-order chi connectivity index (χ0) is 25.9. The van der Waals surface area contributed by atoms with Crippen LogP contribution in [0.3, 0.4) is 0 Å². The molecule has 0 spiro atoms. The van der Waals surface area contributed by atoms with E-state index in [9.17, 15) is 4.79 Å². The molecule has 0 bridgehead atoms. The first-order valence-corrected chi connectivity index (χ1v) is 12.5. The lowest BCUT2D eigenvalue weighted by Crippen LogP contribution is -2.25. The van der Waals surface area contributed by atoms with Crippen LogP contribution in [0.1, 0.15) is 41.5 Å². The van der Waals surface area contributed by atoms with Crippen LogP contribution >= 0.6 is 0 Å². The van der Waals surface area contributed by atoms with E-state index in [-0.39, 0.29) is 11.9 Å². The van der Waals surface area contributed by atoms with Crippen LogP contribution in [0, 0.1) is 0 Å². The van der Waals surface area contributed by atoms with Crippen molar-refractivity contribution in [2.75, 3.05) is 20.1 Å². The van der Waals surface area contributed by atoms with Crippen molar-refractivity contribution >= 4 is 22.5 Å². The lowest BCUT2D eigenvalue weighted by Gasteiger charge is -2.16. The number of pyridine rings is 2. The van der Waals surface area contributed by atoms with Gasteiger partial charge in [-0.3, -0.25) is 4.79 Å². The van der Waals surface area contributed by atoms with Gasteiger partial charge in [-0.05, 0) is 56.8 Å². The Morgan fingerprint density at radius 1 is 1.11 bits per heavy atom. The van der Waals surface area contributed by atoms with E-state index >= 15 is 0 Å². The maximum absolute atomic E-state index is 13.5. The minimum Gasteiger partial charge on any atom is -0.346 e. The van der Waals surface area contributed by atoms with E-state index in [1.807, 2.05) is 51.7 Å². The fourth-order valence-corrected chi connectivity index (χ4v) is 4.58. The lowest BCUT2D eigenvalue weighted by atomic mass is 10.0. The van der Waals surface area contributed by atoms with E-state index in [0.717, 1.165) is 46.5 Å². The minimum atomic E-state index is -0.181. The Bertz CT molecular complexity index is 1550. The Morgan fingerprint density at radius 3 is 2.76 bits per heavy atom. The maximum Gasteiger partial charge on any atom is 0.252 e. The van der Waals surface area contributed by atoms with Gasteiger partial charge in [-0.2, -0.15) is 10.2 Å². The number of benzene rings is 1. The van der Waals surface area contributed by atoms with Gasteiger partial charge in [0.05, 0.1) is 40.6 Å². The number of carbonyl (C=O) groups is 1. The van der Waals surface area contributed by atoms with Crippen molar-refractivity contribution in [3.63, 3.8) is 0 Å². The molecule has 0 aliphatic heterocycles. The van der Waals surface area contributed by atoms with Gasteiger partial charge in [0.2, 0.25) is 0 Å². The fraction of sp³-hybridized carbons (Fsp3) is 0.286. The highest BCUT2D eigenvalue weighted by Crippen LogP contribution is 2.27. The summed E-state index contributed by atoms with van der Waals surface area (Å²) in [5, 5.41) is 12.7. The summed E-state index contributed by atoms with van der Waals surface area (Å²) >= 11 is 0. The number of hydrogen-bond donors (Lipinski definition) is 2. The first kappa shape index (κ1) is 24.6. The average molecular weight is 497 g/mol. The molecule has 0 aliphatic carbocycles. The summed E-state index contributed by atoms with van der Waals surface area (Å²) in [6, 6.07) is 18.1. The number of hydrogen-bond acceptors (Lipinski definition) is 6. The van der Waals surface area contributed by atoms with Crippen LogP contribution in [0.25, 0.3) is 27.8 Å². The summed E-state index contributed by atoms with van der Waals surface area (Å²) in [6.45, 7) is 6.67. The molecular formula is C28H32N8O. The Balaban J connectivity index is 1.51. The van der Waals surface area contributed by atoms with E-state index in [0.29, 0.717) is 24.3 Å². The number of aromatic nitrogens is 5. The Kier molecular flexibility index (Phi) is 6.98. The Morgan fingerprint density at radius 2 is 1.95 bits per heavy atom. The first-order chi connectivity index (χ1) is 17.9. The molecule has 190 valence electrons. The highest BCUT2D eigenvalue weighted by Gasteiger charge is 2.19. The van der Waals surface area contributed by atoms with E-state index in [1.54, 1.807) is 12.4 Å². The molecule has 1 amide bonds. The van der Waals surface area contributed by atoms with Crippen LogP contribution in [-0.4, -0.2) is 55.3 Å². The number of amides is 1. The molecule has 4 aromatic heterocycles. The highest BCUT2D eigenvalue weighted by molar-refractivity contribution is 6.06. The molecule has 5 aromatic rings. The summed E-state index contributed by atoms with van der Waals surface area (Å²) < 4.78 is 3.69. The molecule has 9 heteroatoms. The summed E-state index contributed by atoms with van der Waals surface area (Å²) in [5.41, 5.74) is 11.7. The normalized spacial score (nSPS) is 11.7. The van der Waals surface area contributed by atoms with Gasteiger partial charge in [0.15, 0.2) is 5.65 Å². The zero-order valence-electron chi connectivity index (χ0n) is 21.4. The molecule has 37 heavy (non-hydrogen) atoms. The molecule has 1 aromatic carbocycles. The predicted molar refractivity (Wildman–Crippen MR) is 145 cm³/mol. The quantitative estimate of drug-likeness (QED) is 0.323. The molecule has 0 unspecified atom stereocenters. The maximum atomic E-state index is 13.5. The van der Waals surface area contributed by atoms with Crippen molar-refractivity contribution in [2.45, 2.75) is 33.0 Å². The molecule has 0 fully saturated rings. The summed E-state index contributed by atoms with van der Waals surface area (Å²) in [4.78, 5) is 20.7. The van der Waals surface area contributed by atoms with Crippen LogP contribution in [0.15, 0.2) is 67.0 Å². The van der Waals surface area contributed by atoms with Gasteiger partial charge < -0.3 is 16.0 Å². The number of nitrogens with two attached hydrogens (primary N) is 1. The van der Waals surface area contributed by atoms with Gasteiger partial charge in [0.25, 0.3) is 5.91 Å². The largest absolute Gasteiger partial charge is 0.346 e. The van der Waals surface area contributed by atoms with Crippen molar-refractivity contribution in [1.82, 2.24) is 34.6 Å². The van der Waals surface area contributed by atoms with Crippen LogP contribution in [0.2, 0.25) is 0 Å². The summed E-state index contributed by atoms with van der Waals surface area (Å²) in [7, 11) is 2.05. The topological polar surface area (TPSA) is 106 Å². The molecule has 4 heterocycles. The van der Waals surface area contributed by atoms with Crippen molar-refractivity contribution < 1.29 is 4.79 Å². The monoisotopic (exact) mass is 496 g/mol. The molecule has 9 nitrogen and oxygen atoms in total. The van der Waals surface area contributed by atoms with E-state index in [2.05, 4.69) is 53.4 Å². The highest BCUT2D eigenvalue weighted by atomic mass is 16.1. The molecule has 0 atom stereocenters. The van der Waals surface area contributed by atoms with E-state index in [1.165, 1.54) is 0 Å². The van der Waals surface area contributed by atoms with Gasteiger partial charge in [-0.1, -0.05) is 24.3 Å². The molecule has 3 N–H and O–H groups in total. The number of nitrogens with zero attached hydrogens (tertiary/aromatic N) is 6. The molecule has 0 saturated carbocycles. The van der Waals surface area contributed by atoms with Crippen molar-refractivity contribution in [1.29, 1.82) is 0 Å². The minimum absolute atomic E-state index is 0.102. The predicted octanol–water partition coefficient (Wildman–Crippen LogP) is 3.65. The Labute approximate surface area is 215 Å². The molecular weight excluding hydrogens is 464 g/mol. The molecule has 0 aliphatic rings. The first-order valence-electron chi connectivity index (χ1n) is 12.5. The zero-order valence-corrected chi connectivity index (χ0v) is 21.4. The third kappa shape index (κ3) is 5.09. The standard InChI is InChI=1S/C28H32N8O/c1-19(2)35-27-25(17-32-35)24(28(37)30-16-23-9-5-8-22-10-12-31-36(22)23)15-26(33-27)21-7-4-6-20(14-21)18-34(3)13-11-29/h4-10,12,14-15,17,19H,11,13,16,18,29H2,1-3H3,(H,30,37). The van der Waals surface area contributed by atoms with Crippen LogP contribution < -0.4 is 11.1 Å². The second-order valence-corrected chi connectivity index (χ2v) is 9.57. The number of carbonyl (C=O) groups excluding carboxylic acids is 1. The van der Waals surface area contributed by atoms with E-state index < -0.39 is 0 Å². The molecule has 0 saturated heterocycles. The van der Waals surface area contributed by atoms with E-state index in [4.69, 9.17) is 10.7 Å². The summed E-state index contributed by atoms with van der Waals surface area (Å²) in [5.74, 6) is -0.181. The van der Waals surface area contributed by atoms with Crippen LogP contribution in [0.5, 0.6) is 0 Å². The lowest BCUT2D eigenvalue weighted by molar-refractivity contribution is 0.0952. The van der Waals surface area contributed by atoms with Gasteiger partial charge in [0, 0.05) is 37.4 Å². The SMILES string of the molecule is CC(C)n1ncc2c(C(=O)NCc3cccc4ccnn34)cc(-c3cccc(CN(C)CCN)c3)nc21. The van der Waals surface area contributed by atoms with Gasteiger partial charge in [-0.25, -0.2) is 14.2 Å². The third-order valence-corrected chi connectivity index (χ3v) is 6.42. The Hall–Kier alpha value is -4.08. The third-order valence-electron chi connectivity index (χ3n) is 6.42. The van der Waals surface area contributed by atoms with Gasteiger partial charge >= 0.3 is 0 Å².